The van der Waals surface area contributed by atoms with E-state index in [0.717, 1.165) is 51.7 Å². The van der Waals surface area contributed by atoms with Crippen molar-refractivity contribution in [1.82, 2.24) is 4.90 Å². The van der Waals surface area contributed by atoms with Gasteiger partial charge in [0.1, 0.15) is 0 Å². The highest BCUT2D eigenvalue weighted by Crippen LogP contribution is 2.44. The number of fused-ring (bicyclic) bond motifs is 2. The number of aryl methyl sites for hydroxylation is 1. The van der Waals surface area contributed by atoms with Crippen LogP contribution in [0.1, 0.15) is 36.0 Å². The molecule has 0 saturated carbocycles. The van der Waals surface area contributed by atoms with Gasteiger partial charge in [-0.2, -0.15) is 0 Å². The largest absolute Gasteiger partial charge is 0.392 e. The summed E-state index contributed by atoms with van der Waals surface area (Å²) in [6.07, 6.45) is 5.05. The highest BCUT2D eigenvalue weighted by molar-refractivity contribution is 5.39. The van der Waals surface area contributed by atoms with Gasteiger partial charge >= 0.3 is 0 Å². The minimum Gasteiger partial charge on any atom is -0.392 e. The van der Waals surface area contributed by atoms with Crippen LogP contribution in [0.5, 0.6) is 0 Å². The van der Waals surface area contributed by atoms with E-state index < -0.39 is 0 Å². The van der Waals surface area contributed by atoms with Gasteiger partial charge in [-0.1, -0.05) is 54.6 Å². The van der Waals surface area contributed by atoms with Gasteiger partial charge in [0.05, 0.1) is 6.10 Å². The zero-order chi connectivity index (χ0) is 16.4. The molecule has 2 aromatic carbocycles. The van der Waals surface area contributed by atoms with Crippen LogP contribution in [0, 0.1) is 0 Å². The predicted molar refractivity (Wildman–Crippen MR) is 98.3 cm³/mol. The lowest BCUT2D eigenvalue weighted by atomic mass is 9.63. The third kappa shape index (κ3) is 2.89. The molecule has 4 rings (SSSR count). The molecule has 0 bridgehead atoms. The smallest absolute Gasteiger partial charge is 0.0641 e. The van der Waals surface area contributed by atoms with Gasteiger partial charge < -0.3 is 10.0 Å². The van der Waals surface area contributed by atoms with Crippen molar-refractivity contribution in [2.24, 2.45) is 0 Å². The van der Waals surface area contributed by atoms with Crippen LogP contribution in [0.25, 0.3) is 0 Å². The van der Waals surface area contributed by atoms with E-state index in [4.69, 9.17) is 0 Å². The number of aliphatic hydroxyl groups excluding tert-OH is 1. The molecule has 0 amide bonds. The number of piperidine rings is 1. The first-order chi connectivity index (χ1) is 11.8. The zero-order valence-corrected chi connectivity index (χ0v) is 14.3. The number of nitrogens with zero attached hydrogens (tertiary/aromatic N) is 1. The van der Waals surface area contributed by atoms with Gasteiger partial charge in [0, 0.05) is 12.0 Å². The molecule has 2 nitrogen and oxygen atoms in total. The molecule has 126 valence electrons. The highest BCUT2D eigenvalue weighted by atomic mass is 16.3. The molecule has 1 saturated heterocycles. The van der Waals surface area contributed by atoms with Gasteiger partial charge in [-0.25, -0.2) is 0 Å². The lowest BCUT2D eigenvalue weighted by Crippen LogP contribution is -2.51. The topological polar surface area (TPSA) is 23.5 Å². The molecule has 24 heavy (non-hydrogen) atoms. The Morgan fingerprint density at radius 1 is 0.958 bits per heavy atom. The maximum absolute atomic E-state index is 10.8. The first kappa shape index (κ1) is 15.9. The Labute approximate surface area is 145 Å². The Bertz CT molecular complexity index is 673. The third-order valence-corrected chi connectivity index (χ3v) is 6.19. The van der Waals surface area contributed by atoms with Crippen LogP contribution < -0.4 is 0 Å². The fraction of sp³-hybridized carbons (Fsp3) is 0.455. The van der Waals surface area contributed by atoms with Gasteiger partial charge in [-0.3, -0.25) is 0 Å². The first-order valence-corrected chi connectivity index (χ1v) is 9.31. The lowest BCUT2D eigenvalue weighted by molar-refractivity contribution is 0.0182. The van der Waals surface area contributed by atoms with Crippen LogP contribution >= 0.6 is 0 Å². The second-order valence-corrected chi connectivity index (χ2v) is 7.44. The molecule has 1 fully saturated rings. The van der Waals surface area contributed by atoms with Gasteiger partial charge in [-0.15, -0.1) is 0 Å². The van der Waals surface area contributed by atoms with Crippen molar-refractivity contribution in [2.45, 2.75) is 43.6 Å². The number of benzene rings is 2. The van der Waals surface area contributed by atoms with Crippen molar-refractivity contribution < 1.29 is 5.11 Å². The highest BCUT2D eigenvalue weighted by Gasteiger charge is 2.45. The summed E-state index contributed by atoms with van der Waals surface area (Å²) < 4.78 is 0. The summed E-state index contributed by atoms with van der Waals surface area (Å²) >= 11 is 0. The first-order valence-electron chi connectivity index (χ1n) is 9.31. The summed E-state index contributed by atoms with van der Waals surface area (Å²) in [6, 6.07) is 19.5. The Kier molecular flexibility index (Phi) is 4.43. The predicted octanol–water partition coefficient (Wildman–Crippen LogP) is 3.57. The van der Waals surface area contributed by atoms with E-state index in [9.17, 15) is 5.11 Å². The van der Waals surface area contributed by atoms with Crippen LogP contribution in [0.3, 0.4) is 0 Å². The van der Waals surface area contributed by atoms with E-state index in [-0.39, 0.29) is 11.5 Å². The van der Waals surface area contributed by atoms with E-state index in [0.29, 0.717) is 0 Å². The summed E-state index contributed by atoms with van der Waals surface area (Å²) in [5, 5.41) is 10.8. The third-order valence-electron chi connectivity index (χ3n) is 6.19. The molecule has 1 aliphatic carbocycles. The normalized spacial score (nSPS) is 23.1. The van der Waals surface area contributed by atoms with Crippen molar-refractivity contribution in [2.75, 3.05) is 19.6 Å². The monoisotopic (exact) mass is 321 g/mol. The molecule has 0 aromatic heterocycles. The Morgan fingerprint density at radius 3 is 2.46 bits per heavy atom. The Hall–Kier alpha value is -1.64. The van der Waals surface area contributed by atoms with Crippen LogP contribution in [-0.2, 0) is 18.3 Å². The fourth-order valence-corrected chi connectivity index (χ4v) is 4.68. The van der Waals surface area contributed by atoms with E-state index in [2.05, 4.69) is 59.5 Å². The summed E-state index contributed by atoms with van der Waals surface area (Å²) in [5.74, 6) is 0. The van der Waals surface area contributed by atoms with E-state index in [1.165, 1.54) is 16.7 Å². The lowest BCUT2D eigenvalue weighted by Gasteiger charge is -2.48. The molecule has 1 N–H and O–H groups in total. The van der Waals surface area contributed by atoms with Crippen molar-refractivity contribution in [3.8, 4) is 0 Å². The average molecular weight is 321 g/mol. The Morgan fingerprint density at radius 2 is 1.67 bits per heavy atom. The summed E-state index contributed by atoms with van der Waals surface area (Å²) in [5.41, 5.74) is 4.30. The maximum Gasteiger partial charge on any atom is 0.0641 e. The molecule has 1 heterocycles. The molecule has 1 aliphatic heterocycles. The van der Waals surface area contributed by atoms with Crippen molar-refractivity contribution >= 4 is 0 Å². The molecule has 1 unspecified atom stereocenters. The van der Waals surface area contributed by atoms with Crippen LogP contribution in [-0.4, -0.2) is 35.7 Å². The van der Waals surface area contributed by atoms with E-state index in [1.807, 2.05) is 0 Å². The molecule has 1 spiro atoms. The van der Waals surface area contributed by atoms with Gasteiger partial charge in [0.25, 0.3) is 0 Å². The number of rotatable bonds is 3. The second kappa shape index (κ2) is 6.70. The van der Waals surface area contributed by atoms with Crippen LogP contribution in [0.15, 0.2) is 54.6 Å². The van der Waals surface area contributed by atoms with Gasteiger partial charge in [0.2, 0.25) is 0 Å². The molecule has 1 atom stereocenters. The molecule has 0 radical (unpaired) electrons. The number of aliphatic hydroxyl groups is 1. The number of likely N-dealkylation sites (tertiary alicyclic amines) is 1. The van der Waals surface area contributed by atoms with Gasteiger partial charge in [0.15, 0.2) is 0 Å². The molecular formula is C22H27NO. The quantitative estimate of drug-likeness (QED) is 0.934. The standard InChI is InChI=1S/C22H27NO/c24-21-11-10-19-8-4-5-9-20(19)22(21)13-16-23(17-14-22)15-12-18-6-2-1-3-7-18/h1-9,21,24H,10-17H2. The molecular weight excluding hydrogens is 294 g/mol. The summed E-state index contributed by atoms with van der Waals surface area (Å²) in [4.78, 5) is 2.57. The van der Waals surface area contributed by atoms with Crippen LogP contribution in [0.2, 0.25) is 0 Å². The van der Waals surface area contributed by atoms with E-state index >= 15 is 0 Å². The van der Waals surface area contributed by atoms with E-state index in [1.54, 1.807) is 0 Å². The van der Waals surface area contributed by atoms with Crippen molar-refractivity contribution in [1.29, 1.82) is 0 Å². The Balaban J connectivity index is 1.44. The number of hydrogen-bond acceptors (Lipinski definition) is 2. The van der Waals surface area contributed by atoms with Crippen molar-refractivity contribution in [3.05, 3.63) is 71.3 Å². The molecule has 2 aliphatic rings. The van der Waals surface area contributed by atoms with Crippen molar-refractivity contribution in [3.63, 3.8) is 0 Å². The average Bonchev–Trinajstić information content (AvgIpc) is 2.65. The minimum atomic E-state index is -0.177. The summed E-state index contributed by atoms with van der Waals surface area (Å²) in [6.45, 7) is 3.31. The van der Waals surface area contributed by atoms with Crippen LogP contribution in [0.4, 0.5) is 0 Å². The molecule has 2 heteroatoms. The zero-order valence-electron chi connectivity index (χ0n) is 14.3. The van der Waals surface area contributed by atoms with Gasteiger partial charge in [-0.05, 0) is 61.9 Å². The summed E-state index contributed by atoms with van der Waals surface area (Å²) in [7, 11) is 0. The SMILES string of the molecule is OC1CCc2ccccc2C12CCN(CCc1ccccc1)CC2. The fourth-order valence-electron chi connectivity index (χ4n) is 4.68. The maximum atomic E-state index is 10.8. The number of hydrogen-bond donors (Lipinski definition) is 1. The minimum absolute atomic E-state index is 0.00189. The second-order valence-electron chi connectivity index (χ2n) is 7.44. The molecule has 2 aromatic rings.